The van der Waals surface area contributed by atoms with Gasteiger partial charge in [0, 0.05) is 44.8 Å². The number of aromatic nitrogens is 3. The maximum Gasteiger partial charge on any atom is 0.216 e. The van der Waals surface area contributed by atoms with Crippen LogP contribution in [-0.4, -0.2) is 53.9 Å². The zero-order chi connectivity index (χ0) is 21.2. The van der Waals surface area contributed by atoms with Gasteiger partial charge in [-0.3, -0.25) is 10.1 Å². The molecule has 3 N–H and O–H groups in total. The van der Waals surface area contributed by atoms with Gasteiger partial charge in [0.1, 0.15) is 5.82 Å². The van der Waals surface area contributed by atoms with Crippen molar-refractivity contribution in [3.05, 3.63) is 54.0 Å². The van der Waals surface area contributed by atoms with Crippen molar-refractivity contribution in [1.29, 1.82) is 0 Å². The third kappa shape index (κ3) is 7.57. The van der Waals surface area contributed by atoms with Crippen LogP contribution in [0.2, 0.25) is 0 Å². The van der Waals surface area contributed by atoms with Crippen molar-refractivity contribution in [2.75, 3.05) is 37.6 Å². The number of likely N-dealkylation sites (N-methyl/N-ethyl adjacent to an activating group) is 1. The highest BCUT2D eigenvalue weighted by Gasteiger charge is 2.08. The summed E-state index contributed by atoms with van der Waals surface area (Å²) in [4.78, 5) is 11.5. The molecule has 0 amide bonds. The summed E-state index contributed by atoms with van der Waals surface area (Å²) < 4.78 is 5.32. The minimum Gasteiger partial charge on any atom is -0.461 e. The van der Waals surface area contributed by atoms with E-state index in [1.807, 2.05) is 12.1 Å². The van der Waals surface area contributed by atoms with Crippen LogP contribution in [-0.2, 0) is 6.42 Å². The van der Waals surface area contributed by atoms with Crippen LogP contribution in [0.25, 0.3) is 11.6 Å². The van der Waals surface area contributed by atoms with E-state index in [1.54, 1.807) is 6.26 Å². The molecule has 0 aliphatic heterocycles. The van der Waals surface area contributed by atoms with E-state index in [0.717, 1.165) is 38.0 Å². The number of aromatic amines is 1. The SMILES string of the molecule is CCNC(=NCCc1nc(-c2ccco2)n[nH]1)NCCN(CC)c1cccc(C)c1.I. The molecular formula is C22H32IN7O. The molecule has 168 valence electrons. The van der Waals surface area contributed by atoms with E-state index >= 15 is 0 Å². The molecule has 3 aromatic rings. The fourth-order valence-electron chi connectivity index (χ4n) is 3.14. The highest BCUT2D eigenvalue weighted by atomic mass is 127. The molecule has 0 saturated heterocycles. The lowest BCUT2D eigenvalue weighted by Gasteiger charge is -2.24. The summed E-state index contributed by atoms with van der Waals surface area (Å²) in [6, 6.07) is 12.3. The maximum atomic E-state index is 5.32. The molecule has 0 unspecified atom stereocenters. The van der Waals surface area contributed by atoms with Gasteiger partial charge in [0.15, 0.2) is 11.7 Å². The van der Waals surface area contributed by atoms with E-state index in [1.165, 1.54) is 11.3 Å². The number of furan rings is 1. The molecule has 0 fully saturated rings. The first-order valence-electron chi connectivity index (χ1n) is 10.5. The summed E-state index contributed by atoms with van der Waals surface area (Å²) in [7, 11) is 0. The molecule has 0 saturated carbocycles. The largest absolute Gasteiger partial charge is 0.461 e. The van der Waals surface area contributed by atoms with E-state index in [0.29, 0.717) is 24.6 Å². The average molecular weight is 537 g/mol. The second kappa shape index (κ2) is 13.0. The lowest BCUT2D eigenvalue weighted by atomic mass is 10.2. The molecule has 3 rings (SSSR count). The third-order valence-electron chi connectivity index (χ3n) is 4.66. The Kier molecular flexibility index (Phi) is 10.3. The minimum atomic E-state index is 0. The van der Waals surface area contributed by atoms with Crippen LogP contribution in [0.4, 0.5) is 5.69 Å². The Morgan fingerprint density at radius 3 is 2.77 bits per heavy atom. The van der Waals surface area contributed by atoms with Crippen molar-refractivity contribution in [3.63, 3.8) is 0 Å². The van der Waals surface area contributed by atoms with Crippen LogP contribution < -0.4 is 15.5 Å². The number of nitrogens with one attached hydrogen (secondary N) is 3. The predicted molar refractivity (Wildman–Crippen MR) is 136 cm³/mol. The highest BCUT2D eigenvalue weighted by molar-refractivity contribution is 14.0. The van der Waals surface area contributed by atoms with E-state index in [2.05, 4.69) is 80.7 Å². The van der Waals surface area contributed by atoms with E-state index in [4.69, 9.17) is 4.42 Å². The number of halogens is 1. The Morgan fingerprint density at radius 2 is 2.06 bits per heavy atom. The number of aliphatic imine (C=N–C) groups is 1. The number of anilines is 1. The molecule has 0 atom stereocenters. The van der Waals surface area contributed by atoms with Crippen LogP contribution in [0.1, 0.15) is 25.2 Å². The summed E-state index contributed by atoms with van der Waals surface area (Å²) in [5.74, 6) is 2.83. The van der Waals surface area contributed by atoms with Gasteiger partial charge in [-0.1, -0.05) is 12.1 Å². The van der Waals surface area contributed by atoms with Gasteiger partial charge in [-0.2, -0.15) is 5.10 Å². The molecule has 1 aromatic carbocycles. The Labute approximate surface area is 201 Å². The first-order chi connectivity index (χ1) is 14.7. The van der Waals surface area contributed by atoms with Crippen LogP contribution >= 0.6 is 24.0 Å². The maximum absolute atomic E-state index is 5.32. The second-order valence-corrected chi connectivity index (χ2v) is 6.94. The monoisotopic (exact) mass is 537 g/mol. The lowest BCUT2D eigenvalue weighted by molar-refractivity contribution is 0.577. The fraction of sp³-hybridized carbons (Fsp3) is 0.409. The minimum absolute atomic E-state index is 0. The predicted octanol–water partition coefficient (Wildman–Crippen LogP) is 3.62. The molecule has 0 aliphatic carbocycles. The highest BCUT2D eigenvalue weighted by Crippen LogP contribution is 2.15. The van der Waals surface area contributed by atoms with Crippen LogP contribution in [0.3, 0.4) is 0 Å². The smallest absolute Gasteiger partial charge is 0.216 e. The number of hydrogen-bond acceptors (Lipinski definition) is 5. The number of nitrogens with zero attached hydrogens (tertiary/aromatic N) is 4. The van der Waals surface area contributed by atoms with Crippen LogP contribution in [0.5, 0.6) is 0 Å². The Hall–Kier alpha value is -2.56. The van der Waals surface area contributed by atoms with Crippen LogP contribution in [0.15, 0.2) is 52.1 Å². The van der Waals surface area contributed by atoms with Crippen LogP contribution in [0, 0.1) is 6.92 Å². The van der Waals surface area contributed by atoms with E-state index < -0.39 is 0 Å². The summed E-state index contributed by atoms with van der Waals surface area (Å²) in [6.07, 6.45) is 2.29. The number of rotatable bonds is 10. The van der Waals surface area contributed by atoms with Gasteiger partial charge >= 0.3 is 0 Å². The number of benzene rings is 1. The number of H-pyrrole nitrogens is 1. The van der Waals surface area contributed by atoms with Gasteiger partial charge in [-0.25, -0.2) is 4.98 Å². The lowest BCUT2D eigenvalue weighted by Crippen LogP contribution is -2.41. The van der Waals surface area contributed by atoms with Crippen molar-refractivity contribution < 1.29 is 4.42 Å². The van der Waals surface area contributed by atoms with Gasteiger partial charge < -0.3 is 20.0 Å². The molecular weight excluding hydrogens is 505 g/mol. The van der Waals surface area contributed by atoms with Crippen molar-refractivity contribution in [2.45, 2.75) is 27.2 Å². The van der Waals surface area contributed by atoms with Gasteiger partial charge in [0.25, 0.3) is 0 Å². The molecule has 0 spiro atoms. The molecule has 9 heteroatoms. The summed E-state index contributed by atoms with van der Waals surface area (Å²) in [6.45, 7) is 10.4. The Morgan fingerprint density at radius 1 is 1.19 bits per heavy atom. The van der Waals surface area contributed by atoms with Crippen molar-refractivity contribution in [3.8, 4) is 11.6 Å². The zero-order valence-corrected chi connectivity index (χ0v) is 20.7. The Bertz CT molecular complexity index is 924. The van der Waals surface area contributed by atoms with Crippen molar-refractivity contribution in [1.82, 2.24) is 25.8 Å². The Balaban J connectivity index is 0.00000341. The second-order valence-electron chi connectivity index (χ2n) is 6.94. The molecule has 0 bridgehead atoms. The molecule has 0 radical (unpaired) electrons. The molecule has 2 aromatic heterocycles. The molecule has 0 aliphatic rings. The normalized spacial score (nSPS) is 11.1. The molecule has 31 heavy (non-hydrogen) atoms. The van der Waals surface area contributed by atoms with E-state index in [-0.39, 0.29) is 24.0 Å². The van der Waals surface area contributed by atoms with E-state index in [9.17, 15) is 0 Å². The van der Waals surface area contributed by atoms with Gasteiger partial charge in [0.05, 0.1) is 6.26 Å². The fourth-order valence-corrected chi connectivity index (χ4v) is 3.14. The van der Waals surface area contributed by atoms with Crippen molar-refractivity contribution in [2.24, 2.45) is 4.99 Å². The first kappa shape index (κ1) is 24.7. The van der Waals surface area contributed by atoms with Gasteiger partial charge in [0.2, 0.25) is 5.82 Å². The summed E-state index contributed by atoms with van der Waals surface area (Å²) >= 11 is 0. The zero-order valence-electron chi connectivity index (χ0n) is 18.4. The summed E-state index contributed by atoms with van der Waals surface area (Å²) in [5.41, 5.74) is 2.52. The summed E-state index contributed by atoms with van der Waals surface area (Å²) in [5, 5.41) is 13.9. The number of hydrogen-bond donors (Lipinski definition) is 3. The molecule has 2 heterocycles. The van der Waals surface area contributed by atoms with Gasteiger partial charge in [-0.05, 0) is 50.6 Å². The third-order valence-corrected chi connectivity index (χ3v) is 4.66. The topological polar surface area (TPSA) is 94.4 Å². The molecule has 8 nitrogen and oxygen atoms in total. The standard InChI is InChI=1S/C22H31N7O.HI/c1-4-23-22(25-13-14-29(5-2)18-9-6-8-17(3)16-18)24-12-11-20-26-21(28-27-20)19-10-7-15-30-19;/h6-10,15-16H,4-5,11-14H2,1-3H3,(H2,23,24,25)(H,26,27,28);1H. The van der Waals surface area contributed by atoms with Gasteiger partial charge in [-0.15, -0.1) is 24.0 Å². The number of aryl methyl sites for hydroxylation is 1. The quantitative estimate of drug-likeness (QED) is 0.208. The van der Waals surface area contributed by atoms with Crippen molar-refractivity contribution >= 4 is 35.6 Å². The average Bonchev–Trinajstić information content (AvgIpc) is 3.43. The first-order valence-corrected chi connectivity index (χ1v) is 10.5. The number of guanidine groups is 1.